The molecule has 3 rings (SSSR count). The van der Waals surface area contributed by atoms with E-state index in [4.69, 9.17) is 17.3 Å². The fraction of sp³-hybridized carbons (Fsp3) is 0.0588. The molecule has 0 unspecified atom stereocenters. The molecule has 0 radical (unpaired) electrons. The maximum Gasteiger partial charge on any atom is 0.434 e. The van der Waals surface area contributed by atoms with Crippen molar-refractivity contribution < 1.29 is 23.1 Å². The number of carbonyl (C=O) groups excluding carboxylic acids is 1. The number of halogens is 4. The highest BCUT2D eigenvalue weighted by Crippen LogP contribution is 2.34. The fourth-order valence-corrected chi connectivity index (χ4v) is 2.70. The number of phenolic OH excluding ortho intramolecular Hbond substituents is 1. The molecule has 1 amide bonds. The van der Waals surface area contributed by atoms with Crippen molar-refractivity contribution in [3.8, 4) is 11.4 Å². The monoisotopic (exact) mass is 396 g/mol. The van der Waals surface area contributed by atoms with Crippen molar-refractivity contribution in [2.45, 2.75) is 6.18 Å². The molecule has 3 aromatic rings. The van der Waals surface area contributed by atoms with Gasteiger partial charge in [0, 0.05) is 16.4 Å². The van der Waals surface area contributed by atoms with Gasteiger partial charge in [-0.2, -0.15) is 18.3 Å². The van der Waals surface area contributed by atoms with Crippen LogP contribution in [-0.4, -0.2) is 20.8 Å². The van der Waals surface area contributed by atoms with Gasteiger partial charge in [-0.1, -0.05) is 11.6 Å². The third kappa shape index (κ3) is 3.98. The zero-order valence-corrected chi connectivity index (χ0v) is 14.2. The van der Waals surface area contributed by atoms with E-state index in [-0.39, 0.29) is 27.8 Å². The first-order chi connectivity index (χ1) is 12.6. The Bertz CT molecular complexity index is 980. The van der Waals surface area contributed by atoms with Crippen LogP contribution in [-0.2, 0) is 6.18 Å². The van der Waals surface area contributed by atoms with Gasteiger partial charge >= 0.3 is 6.18 Å². The van der Waals surface area contributed by atoms with Crippen LogP contribution in [0.15, 0.2) is 48.7 Å². The van der Waals surface area contributed by atoms with Gasteiger partial charge in [-0.15, -0.1) is 0 Å². The Morgan fingerprint density at radius 3 is 2.44 bits per heavy atom. The number of aromatic hydroxyl groups is 1. The predicted octanol–water partition coefficient (Wildman–Crippen LogP) is 4.08. The minimum absolute atomic E-state index is 0.0335. The van der Waals surface area contributed by atoms with Crippen LogP contribution in [0.4, 0.5) is 24.5 Å². The number of carbonyl (C=O) groups is 1. The van der Waals surface area contributed by atoms with Gasteiger partial charge in [-0.25, -0.2) is 4.68 Å². The first-order valence-electron chi connectivity index (χ1n) is 7.47. The normalized spacial score (nSPS) is 11.4. The van der Waals surface area contributed by atoms with Crippen LogP contribution in [0.1, 0.15) is 16.1 Å². The number of nitrogens with zero attached hydrogens (tertiary/aromatic N) is 2. The third-order valence-electron chi connectivity index (χ3n) is 3.55. The molecular formula is C17H12ClF3N4O2. The summed E-state index contributed by atoms with van der Waals surface area (Å²) in [5, 5.41) is 15.5. The molecule has 4 N–H and O–H groups in total. The first kappa shape index (κ1) is 18.6. The fourth-order valence-electron chi connectivity index (χ4n) is 2.46. The lowest BCUT2D eigenvalue weighted by Crippen LogP contribution is -2.20. The average molecular weight is 397 g/mol. The molecule has 10 heteroatoms. The Labute approximate surface area is 156 Å². The van der Waals surface area contributed by atoms with E-state index in [1.165, 1.54) is 42.5 Å². The van der Waals surface area contributed by atoms with Crippen molar-refractivity contribution in [1.29, 1.82) is 0 Å². The quantitative estimate of drug-likeness (QED) is 0.581. The van der Waals surface area contributed by atoms with E-state index in [0.29, 0.717) is 4.68 Å². The lowest BCUT2D eigenvalue weighted by atomic mass is 10.2. The number of phenols is 1. The van der Waals surface area contributed by atoms with E-state index >= 15 is 0 Å². The maximum atomic E-state index is 13.6. The van der Waals surface area contributed by atoms with Gasteiger partial charge in [0.05, 0.1) is 17.4 Å². The minimum Gasteiger partial charge on any atom is -0.508 e. The summed E-state index contributed by atoms with van der Waals surface area (Å²) in [7, 11) is 0. The molecule has 0 bridgehead atoms. The van der Waals surface area contributed by atoms with Gasteiger partial charge in [0.1, 0.15) is 5.75 Å². The highest BCUT2D eigenvalue weighted by Gasteiger charge is 2.40. The maximum absolute atomic E-state index is 13.6. The minimum atomic E-state index is -4.85. The second-order valence-corrected chi connectivity index (χ2v) is 6.00. The van der Waals surface area contributed by atoms with E-state index in [0.717, 1.165) is 6.20 Å². The molecule has 2 aromatic carbocycles. The number of anilines is 2. The van der Waals surface area contributed by atoms with Crippen molar-refractivity contribution in [1.82, 2.24) is 9.78 Å². The number of hydrogen-bond donors (Lipinski definition) is 3. The SMILES string of the molecule is Nc1cc(Cl)cc(NC(=O)c2cnn(-c3ccc(O)cc3)c2C(F)(F)F)c1. The number of nitrogen functional groups attached to an aromatic ring is 1. The summed E-state index contributed by atoms with van der Waals surface area (Å²) in [6, 6.07) is 9.07. The molecule has 27 heavy (non-hydrogen) atoms. The van der Waals surface area contributed by atoms with Crippen molar-refractivity contribution in [3.05, 3.63) is 64.9 Å². The zero-order valence-electron chi connectivity index (χ0n) is 13.5. The second kappa shape index (κ2) is 6.84. The number of rotatable bonds is 3. The van der Waals surface area contributed by atoms with Gasteiger partial charge in [0.15, 0.2) is 5.69 Å². The smallest absolute Gasteiger partial charge is 0.434 e. The molecule has 0 aliphatic carbocycles. The largest absolute Gasteiger partial charge is 0.508 e. The van der Waals surface area contributed by atoms with E-state index in [2.05, 4.69) is 10.4 Å². The van der Waals surface area contributed by atoms with E-state index < -0.39 is 23.3 Å². The number of benzene rings is 2. The Morgan fingerprint density at radius 1 is 1.19 bits per heavy atom. The predicted molar refractivity (Wildman–Crippen MR) is 94.0 cm³/mol. The molecule has 0 saturated heterocycles. The molecule has 1 aromatic heterocycles. The molecule has 140 valence electrons. The Hall–Kier alpha value is -3.20. The second-order valence-electron chi connectivity index (χ2n) is 5.56. The summed E-state index contributed by atoms with van der Waals surface area (Å²) in [6.45, 7) is 0. The first-order valence-corrected chi connectivity index (χ1v) is 7.85. The van der Waals surface area contributed by atoms with E-state index in [9.17, 15) is 23.1 Å². The number of nitrogens with one attached hydrogen (secondary N) is 1. The van der Waals surface area contributed by atoms with Crippen LogP contribution in [0.5, 0.6) is 5.75 Å². The van der Waals surface area contributed by atoms with E-state index in [1.54, 1.807) is 0 Å². The molecule has 1 heterocycles. The lowest BCUT2D eigenvalue weighted by Gasteiger charge is -2.13. The van der Waals surface area contributed by atoms with Crippen molar-refractivity contribution >= 4 is 28.9 Å². The van der Waals surface area contributed by atoms with E-state index in [1.807, 2.05) is 0 Å². The summed E-state index contributed by atoms with van der Waals surface area (Å²) in [4.78, 5) is 12.4. The number of nitrogens with two attached hydrogens (primary N) is 1. The standard InChI is InChI=1S/C17H12ClF3N4O2/c18-9-5-10(22)7-11(6-9)24-16(27)14-8-23-25(15(14)17(19,20)21)12-1-3-13(26)4-2-12/h1-8,26H,22H2,(H,24,27). The summed E-state index contributed by atoms with van der Waals surface area (Å²) in [5.74, 6) is -1.13. The summed E-state index contributed by atoms with van der Waals surface area (Å²) >= 11 is 5.83. The van der Waals surface area contributed by atoms with Gasteiger partial charge in [0.25, 0.3) is 5.91 Å². The van der Waals surface area contributed by atoms with Crippen molar-refractivity contribution in [2.24, 2.45) is 0 Å². The highest BCUT2D eigenvalue weighted by atomic mass is 35.5. The van der Waals surface area contributed by atoms with Crippen LogP contribution >= 0.6 is 11.6 Å². The topological polar surface area (TPSA) is 93.2 Å². The molecular weight excluding hydrogens is 385 g/mol. The Morgan fingerprint density at radius 2 is 1.85 bits per heavy atom. The van der Waals surface area contributed by atoms with Gasteiger partial charge in [0.2, 0.25) is 0 Å². The molecule has 0 atom stereocenters. The van der Waals surface area contributed by atoms with Gasteiger partial charge < -0.3 is 16.2 Å². The Balaban J connectivity index is 2.02. The van der Waals surface area contributed by atoms with Crippen LogP contribution < -0.4 is 11.1 Å². The molecule has 6 nitrogen and oxygen atoms in total. The number of hydrogen-bond acceptors (Lipinski definition) is 4. The molecule has 0 aliphatic rings. The van der Waals surface area contributed by atoms with Gasteiger partial charge in [-0.05, 0) is 42.5 Å². The molecule has 0 saturated carbocycles. The number of aromatic nitrogens is 2. The van der Waals surface area contributed by atoms with Crippen molar-refractivity contribution in [2.75, 3.05) is 11.1 Å². The van der Waals surface area contributed by atoms with Crippen LogP contribution in [0, 0.1) is 0 Å². The zero-order chi connectivity index (χ0) is 19.8. The summed E-state index contributed by atoms with van der Waals surface area (Å²) in [5.41, 5.74) is 4.12. The lowest BCUT2D eigenvalue weighted by molar-refractivity contribution is -0.143. The highest BCUT2D eigenvalue weighted by molar-refractivity contribution is 6.31. The van der Waals surface area contributed by atoms with Crippen LogP contribution in [0.2, 0.25) is 5.02 Å². The number of alkyl halides is 3. The molecule has 0 spiro atoms. The average Bonchev–Trinajstić information content (AvgIpc) is 3.00. The summed E-state index contributed by atoms with van der Waals surface area (Å²) in [6.07, 6.45) is -4.03. The third-order valence-corrected chi connectivity index (χ3v) is 3.77. The van der Waals surface area contributed by atoms with Crippen LogP contribution in [0.3, 0.4) is 0 Å². The Kier molecular flexibility index (Phi) is 4.71. The molecule has 0 fully saturated rings. The number of amides is 1. The summed E-state index contributed by atoms with van der Waals surface area (Å²) < 4.78 is 41.4. The van der Waals surface area contributed by atoms with Gasteiger partial charge in [-0.3, -0.25) is 4.79 Å². The molecule has 0 aliphatic heterocycles. The van der Waals surface area contributed by atoms with Crippen LogP contribution in [0.25, 0.3) is 5.69 Å². The van der Waals surface area contributed by atoms with Crippen molar-refractivity contribution in [3.63, 3.8) is 0 Å².